The van der Waals surface area contributed by atoms with Crippen LogP contribution in [0.15, 0.2) is 18.2 Å². The minimum Gasteiger partial charge on any atom is -0.381 e. The van der Waals surface area contributed by atoms with Crippen molar-refractivity contribution < 1.29 is 18.8 Å². The molecule has 0 unspecified atom stereocenters. The van der Waals surface area contributed by atoms with Crippen LogP contribution in [-0.4, -0.2) is 30.6 Å². The zero-order chi connectivity index (χ0) is 15.5. The number of hydrogen-bond donors (Lipinski definition) is 1. The molecule has 1 aliphatic rings. The molecule has 7 heteroatoms. The molecule has 0 aliphatic carbocycles. The second-order valence-electron chi connectivity index (χ2n) is 5.53. The first-order valence-corrected chi connectivity index (χ1v) is 6.71. The van der Waals surface area contributed by atoms with E-state index in [1.54, 1.807) is 0 Å². The van der Waals surface area contributed by atoms with Gasteiger partial charge in [0.05, 0.1) is 4.92 Å². The Morgan fingerprint density at radius 2 is 2.14 bits per heavy atom. The van der Waals surface area contributed by atoms with Gasteiger partial charge in [-0.3, -0.25) is 14.9 Å². The predicted molar refractivity (Wildman–Crippen MR) is 73.5 cm³/mol. The number of nitrogens with one attached hydrogen (secondary N) is 1. The first-order valence-electron chi connectivity index (χ1n) is 6.71. The molecule has 0 bridgehead atoms. The van der Waals surface area contributed by atoms with Crippen LogP contribution in [0.4, 0.5) is 10.1 Å². The van der Waals surface area contributed by atoms with Crippen LogP contribution in [0.2, 0.25) is 0 Å². The molecule has 1 aromatic rings. The molecule has 0 atom stereocenters. The maximum absolute atomic E-state index is 13.5. The normalized spacial score (nSPS) is 17.2. The second-order valence-corrected chi connectivity index (χ2v) is 5.53. The number of ether oxygens (including phenoxy) is 1. The van der Waals surface area contributed by atoms with Crippen molar-refractivity contribution in [2.45, 2.75) is 19.8 Å². The third kappa shape index (κ3) is 3.75. The summed E-state index contributed by atoms with van der Waals surface area (Å²) in [4.78, 5) is 21.7. The highest BCUT2D eigenvalue weighted by molar-refractivity contribution is 5.94. The van der Waals surface area contributed by atoms with Gasteiger partial charge in [0.25, 0.3) is 5.91 Å². The molecule has 1 saturated heterocycles. The summed E-state index contributed by atoms with van der Waals surface area (Å²) in [5, 5.41) is 13.3. The van der Waals surface area contributed by atoms with Crippen molar-refractivity contribution in [3.05, 3.63) is 39.7 Å². The van der Waals surface area contributed by atoms with E-state index < -0.39 is 22.3 Å². The molecule has 114 valence electrons. The smallest absolute Gasteiger partial charge is 0.304 e. The van der Waals surface area contributed by atoms with Crippen LogP contribution in [-0.2, 0) is 4.74 Å². The maximum Gasteiger partial charge on any atom is 0.304 e. The van der Waals surface area contributed by atoms with Crippen LogP contribution in [0.5, 0.6) is 0 Å². The summed E-state index contributed by atoms with van der Waals surface area (Å²) in [5.41, 5.74) is -0.593. The number of nitro groups is 1. The summed E-state index contributed by atoms with van der Waals surface area (Å²) in [7, 11) is 0. The molecule has 0 saturated carbocycles. The molecule has 6 nitrogen and oxygen atoms in total. The van der Waals surface area contributed by atoms with Crippen molar-refractivity contribution in [3.63, 3.8) is 0 Å². The first-order chi connectivity index (χ1) is 9.91. The zero-order valence-corrected chi connectivity index (χ0v) is 11.7. The van der Waals surface area contributed by atoms with Gasteiger partial charge in [0.15, 0.2) is 0 Å². The molecule has 1 fully saturated rings. The van der Waals surface area contributed by atoms with Crippen LogP contribution >= 0.6 is 0 Å². The van der Waals surface area contributed by atoms with Crippen LogP contribution < -0.4 is 5.32 Å². The summed E-state index contributed by atoms with van der Waals surface area (Å²) in [6.45, 7) is 3.86. The van der Waals surface area contributed by atoms with E-state index in [9.17, 15) is 19.3 Å². The van der Waals surface area contributed by atoms with Gasteiger partial charge in [0.1, 0.15) is 0 Å². The van der Waals surface area contributed by atoms with Gasteiger partial charge >= 0.3 is 5.69 Å². The number of nitro benzene ring substituents is 1. The number of hydrogen-bond acceptors (Lipinski definition) is 4. The Kier molecular flexibility index (Phi) is 4.52. The average molecular weight is 296 g/mol. The third-order valence-corrected chi connectivity index (χ3v) is 3.78. The largest absolute Gasteiger partial charge is 0.381 e. The second kappa shape index (κ2) is 6.17. The lowest BCUT2D eigenvalue weighted by Gasteiger charge is -2.33. The van der Waals surface area contributed by atoms with Gasteiger partial charge < -0.3 is 10.1 Å². The fourth-order valence-electron chi connectivity index (χ4n) is 2.23. The number of benzene rings is 1. The molecule has 2 rings (SSSR count). The van der Waals surface area contributed by atoms with Gasteiger partial charge in [-0.05, 0) is 30.4 Å². The van der Waals surface area contributed by atoms with Crippen molar-refractivity contribution in [2.75, 3.05) is 19.8 Å². The fraction of sp³-hybridized carbons (Fsp3) is 0.500. The van der Waals surface area contributed by atoms with Crippen molar-refractivity contribution in [3.8, 4) is 0 Å². The summed E-state index contributed by atoms with van der Waals surface area (Å²) in [6.07, 6.45) is 1.70. The highest BCUT2D eigenvalue weighted by Gasteiger charge is 2.28. The summed E-state index contributed by atoms with van der Waals surface area (Å²) >= 11 is 0. The number of carbonyl (C=O) groups is 1. The van der Waals surface area contributed by atoms with Gasteiger partial charge in [0, 0.05) is 31.4 Å². The SMILES string of the molecule is CC1(CNC(=O)c2ccc([N+](=O)[O-])c(F)c2)CCOCC1. The van der Waals surface area contributed by atoms with Crippen molar-refractivity contribution >= 4 is 11.6 Å². The number of carbonyl (C=O) groups excluding carboxylic acids is 1. The molecule has 21 heavy (non-hydrogen) atoms. The number of amides is 1. The lowest BCUT2D eigenvalue weighted by Crippen LogP contribution is -2.39. The molecule has 1 heterocycles. The molecule has 1 aliphatic heterocycles. The first kappa shape index (κ1) is 15.4. The van der Waals surface area contributed by atoms with Gasteiger partial charge in [-0.1, -0.05) is 6.92 Å². The Hall–Kier alpha value is -2.02. The Bertz CT molecular complexity index is 556. The molecular formula is C14H17FN2O4. The topological polar surface area (TPSA) is 81.5 Å². The summed E-state index contributed by atoms with van der Waals surface area (Å²) in [5.74, 6) is -1.44. The minimum atomic E-state index is -1.01. The molecule has 1 N–H and O–H groups in total. The van der Waals surface area contributed by atoms with Gasteiger partial charge in [0.2, 0.25) is 5.82 Å². The van der Waals surface area contributed by atoms with E-state index in [-0.39, 0.29) is 11.0 Å². The number of nitrogens with zero attached hydrogens (tertiary/aromatic N) is 1. The predicted octanol–water partition coefficient (Wildman–Crippen LogP) is 2.28. The standard InChI is InChI=1S/C14H17FN2O4/c1-14(4-6-21-7-5-14)9-16-13(18)10-2-3-12(17(19)20)11(15)8-10/h2-3,8H,4-7,9H2,1H3,(H,16,18). The van der Waals surface area contributed by atoms with Crippen LogP contribution in [0.3, 0.4) is 0 Å². The van der Waals surface area contributed by atoms with Gasteiger partial charge in [-0.2, -0.15) is 4.39 Å². The molecule has 1 aromatic carbocycles. The minimum absolute atomic E-state index is 0.0345. The van der Waals surface area contributed by atoms with Crippen molar-refractivity contribution in [1.29, 1.82) is 0 Å². The van der Waals surface area contributed by atoms with Crippen LogP contribution in [0.1, 0.15) is 30.1 Å². The molecule has 1 amide bonds. The highest BCUT2D eigenvalue weighted by atomic mass is 19.1. The molecular weight excluding hydrogens is 279 g/mol. The van der Waals surface area contributed by atoms with Gasteiger partial charge in [-0.25, -0.2) is 0 Å². The van der Waals surface area contributed by atoms with Crippen molar-refractivity contribution in [1.82, 2.24) is 5.32 Å². The van der Waals surface area contributed by atoms with Gasteiger partial charge in [-0.15, -0.1) is 0 Å². The molecule has 0 aromatic heterocycles. The van der Waals surface area contributed by atoms with E-state index >= 15 is 0 Å². The Labute approximate surface area is 121 Å². The number of rotatable bonds is 4. The average Bonchev–Trinajstić information content (AvgIpc) is 2.45. The highest BCUT2D eigenvalue weighted by Crippen LogP contribution is 2.28. The Morgan fingerprint density at radius 1 is 1.48 bits per heavy atom. The zero-order valence-electron chi connectivity index (χ0n) is 11.7. The van der Waals surface area contributed by atoms with Crippen LogP contribution in [0, 0.1) is 21.3 Å². The molecule has 0 spiro atoms. The fourth-order valence-corrected chi connectivity index (χ4v) is 2.23. The van der Waals surface area contributed by atoms with E-state index in [0.29, 0.717) is 19.8 Å². The van der Waals surface area contributed by atoms with E-state index in [4.69, 9.17) is 4.74 Å². The van der Waals surface area contributed by atoms with E-state index in [1.165, 1.54) is 6.07 Å². The quantitative estimate of drug-likeness (QED) is 0.682. The summed E-state index contributed by atoms with van der Waals surface area (Å²) < 4.78 is 18.8. The molecule has 0 radical (unpaired) electrons. The van der Waals surface area contributed by atoms with Crippen LogP contribution in [0.25, 0.3) is 0 Å². The summed E-state index contributed by atoms with van der Waals surface area (Å²) in [6, 6.07) is 3.14. The number of halogens is 1. The maximum atomic E-state index is 13.5. The van der Waals surface area contributed by atoms with E-state index in [2.05, 4.69) is 12.2 Å². The van der Waals surface area contributed by atoms with Crippen molar-refractivity contribution in [2.24, 2.45) is 5.41 Å². The van der Waals surface area contributed by atoms with E-state index in [1.807, 2.05) is 0 Å². The monoisotopic (exact) mass is 296 g/mol. The lowest BCUT2D eigenvalue weighted by atomic mass is 9.82. The Balaban J connectivity index is 2.00. The van der Waals surface area contributed by atoms with E-state index in [0.717, 1.165) is 25.0 Å². The third-order valence-electron chi connectivity index (χ3n) is 3.78. The Morgan fingerprint density at radius 3 is 2.71 bits per heavy atom. The lowest BCUT2D eigenvalue weighted by molar-refractivity contribution is -0.387.